The number of hydrogen-bond donors (Lipinski definition) is 0. The molecule has 0 aliphatic carbocycles. The van der Waals surface area contributed by atoms with Gasteiger partial charge in [0.2, 0.25) is 0 Å². The molecule has 0 heterocycles. The number of methoxy groups -OCH3 is 1. The predicted octanol–water partition coefficient (Wildman–Crippen LogP) is 1.89. The van der Waals surface area contributed by atoms with E-state index in [1.54, 1.807) is 0 Å². The van der Waals surface area contributed by atoms with Crippen molar-refractivity contribution in [3.63, 3.8) is 0 Å². The molecule has 0 bridgehead atoms. The van der Waals surface area contributed by atoms with Crippen molar-refractivity contribution in [1.29, 1.82) is 0 Å². The van der Waals surface area contributed by atoms with Crippen LogP contribution < -0.4 is 4.74 Å². The second-order valence-corrected chi connectivity index (χ2v) is 4.26. The summed E-state index contributed by atoms with van der Waals surface area (Å²) in [6.07, 6.45) is -1.06. The molecule has 0 aliphatic rings. The smallest absolute Gasteiger partial charge is 0.352 e. The molecule has 0 N–H and O–H groups in total. The van der Waals surface area contributed by atoms with E-state index in [1.807, 2.05) is 0 Å². The number of ether oxygens (including phenoxy) is 3. The van der Waals surface area contributed by atoms with Crippen molar-refractivity contribution in [2.24, 2.45) is 0 Å². The van der Waals surface area contributed by atoms with Crippen molar-refractivity contribution < 1.29 is 28.6 Å². The normalized spacial score (nSPS) is 11.2. The Labute approximate surface area is 122 Å². The van der Waals surface area contributed by atoms with Crippen LogP contribution in [-0.2, 0) is 19.1 Å². The maximum Gasteiger partial charge on any atom is 0.352 e. The van der Waals surface area contributed by atoms with Gasteiger partial charge in [0.15, 0.2) is 6.10 Å². The van der Waals surface area contributed by atoms with Crippen LogP contribution >= 0.6 is 0 Å². The average molecular weight is 292 g/mol. The molecule has 1 atom stereocenters. The molecule has 0 fully saturated rings. The van der Waals surface area contributed by atoms with Crippen LogP contribution in [0.15, 0.2) is 36.4 Å². The van der Waals surface area contributed by atoms with E-state index in [4.69, 9.17) is 9.47 Å². The number of benzene rings is 1. The molecule has 0 radical (unpaired) electrons. The van der Waals surface area contributed by atoms with Gasteiger partial charge >= 0.3 is 17.9 Å². The molecule has 0 spiro atoms. The molecule has 1 aromatic carbocycles. The van der Waals surface area contributed by atoms with E-state index in [9.17, 15) is 14.4 Å². The monoisotopic (exact) mass is 292 g/mol. The highest BCUT2D eigenvalue weighted by atomic mass is 16.6. The fourth-order valence-electron chi connectivity index (χ4n) is 1.29. The van der Waals surface area contributed by atoms with Crippen LogP contribution in [0.1, 0.15) is 24.2 Å². The van der Waals surface area contributed by atoms with Crippen LogP contribution in [0.3, 0.4) is 0 Å². The van der Waals surface area contributed by atoms with Gasteiger partial charge in [0.1, 0.15) is 5.75 Å². The molecule has 1 unspecified atom stereocenters. The molecule has 6 nitrogen and oxygen atoms in total. The topological polar surface area (TPSA) is 78.9 Å². The van der Waals surface area contributed by atoms with Crippen molar-refractivity contribution in [3.8, 4) is 5.75 Å². The van der Waals surface area contributed by atoms with E-state index in [0.29, 0.717) is 5.56 Å². The zero-order chi connectivity index (χ0) is 16.0. The van der Waals surface area contributed by atoms with Gasteiger partial charge in [-0.25, -0.2) is 14.4 Å². The molecule has 0 aromatic heterocycles. The summed E-state index contributed by atoms with van der Waals surface area (Å²) >= 11 is 0. The van der Waals surface area contributed by atoms with Crippen LogP contribution in [-0.4, -0.2) is 31.1 Å². The molecular weight excluding hydrogens is 276 g/mol. The molecule has 0 aliphatic heterocycles. The Balaban J connectivity index is 2.64. The van der Waals surface area contributed by atoms with Crippen molar-refractivity contribution in [2.75, 3.05) is 7.11 Å². The largest absolute Gasteiger partial charge is 0.465 e. The predicted molar refractivity (Wildman–Crippen MR) is 73.8 cm³/mol. The second kappa shape index (κ2) is 7.23. The van der Waals surface area contributed by atoms with Crippen LogP contribution in [0.4, 0.5) is 0 Å². The van der Waals surface area contributed by atoms with E-state index in [1.165, 1.54) is 45.2 Å². The quantitative estimate of drug-likeness (QED) is 0.468. The summed E-state index contributed by atoms with van der Waals surface area (Å²) in [5, 5.41) is 0. The Morgan fingerprint density at radius 1 is 1.14 bits per heavy atom. The lowest BCUT2D eigenvalue weighted by atomic mass is 10.2. The fraction of sp³-hybridized carbons (Fsp3) is 0.267. The molecule has 21 heavy (non-hydrogen) atoms. The summed E-state index contributed by atoms with van der Waals surface area (Å²) in [4.78, 5) is 34.3. The van der Waals surface area contributed by atoms with E-state index in [2.05, 4.69) is 11.3 Å². The van der Waals surface area contributed by atoms with Crippen LogP contribution in [0, 0.1) is 0 Å². The first-order valence-electron chi connectivity index (χ1n) is 6.11. The number of rotatable bonds is 5. The Kier molecular flexibility index (Phi) is 5.66. The van der Waals surface area contributed by atoms with E-state index in [0.717, 1.165) is 0 Å². The van der Waals surface area contributed by atoms with E-state index in [-0.39, 0.29) is 11.3 Å². The van der Waals surface area contributed by atoms with Gasteiger partial charge in [0.05, 0.1) is 12.7 Å². The van der Waals surface area contributed by atoms with Crippen molar-refractivity contribution in [1.82, 2.24) is 0 Å². The maximum absolute atomic E-state index is 11.7. The summed E-state index contributed by atoms with van der Waals surface area (Å²) in [5.74, 6) is -1.65. The number of esters is 3. The Morgan fingerprint density at radius 2 is 1.71 bits per heavy atom. The van der Waals surface area contributed by atoms with Gasteiger partial charge in [0.25, 0.3) is 0 Å². The van der Waals surface area contributed by atoms with Crippen molar-refractivity contribution in [3.05, 3.63) is 42.0 Å². The van der Waals surface area contributed by atoms with Gasteiger partial charge in [-0.2, -0.15) is 0 Å². The van der Waals surface area contributed by atoms with Gasteiger partial charge in [-0.1, -0.05) is 6.58 Å². The summed E-state index contributed by atoms with van der Waals surface area (Å²) in [6, 6.07) is 5.80. The van der Waals surface area contributed by atoms with E-state index >= 15 is 0 Å². The Morgan fingerprint density at radius 3 is 2.19 bits per heavy atom. The molecular formula is C15H16O6. The highest BCUT2D eigenvalue weighted by molar-refractivity contribution is 5.90. The number of carbonyl (C=O) groups excluding carboxylic acids is 3. The van der Waals surface area contributed by atoms with Gasteiger partial charge in [0, 0.05) is 5.57 Å². The molecule has 0 saturated carbocycles. The van der Waals surface area contributed by atoms with Gasteiger partial charge < -0.3 is 14.2 Å². The SMILES string of the molecule is C=C(C)C(=O)OC(C)C(=O)Oc1ccc(C(=O)OC)cc1. The molecule has 0 amide bonds. The van der Waals surface area contributed by atoms with Crippen molar-refractivity contribution in [2.45, 2.75) is 20.0 Å². The van der Waals surface area contributed by atoms with Crippen LogP contribution in [0.2, 0.25) is 0 Å². The maximum atomic E-state index is 11.7. The lowest BCUT2D eigenvalue weighted by Gasteiger charge is -2.12. The molecule has 112 valence electrons. The molecule has 0 saturated heterocycles. The average Bonchev–Trinajstić information content (AvgIpc) is 2.46. The first-order valence-corrected chi connectivity index (χ1v) is 6.11. The lowest BCUT2D eigenvalue weighted by molar-refractivity contribution is -0.158. The standard InChI is InChI=1S/C15H16O6/c1-9(2)13(16)20-10(3)14(17)21-12-7-5-11(6-8-12)15(18)19-4/h5-8,10H,1H2,2-4H3. The van der Waals surface area contributed by atoms with Gasteiger partial charge in [-0.05, 0) is 38.1 Å². The summed E-state index contributed by atoms with van der Waals surface area (Å²) in [5.41, 5.74) is 0.524. The van der Waals surface area contributed by atoms with Gasteiger partial charge in [-0.15, -0.1) is 0 Å². The molecule has 1 rings (SSSR count). The zero-order valence-corrected chi connectivity index (χ0v) is 12.0. The minimum atomic E-state index is -1.06. The first-order chi connectivity index (χ1) is 9.85. The first kappa shape index (κ1) is 16.4. The third-order valence-electron chi connectivity index (χ3n) is 2.46. The van der Waals surface area contributed by atoms with Crippen LogP contribution in [0.25, 0.3) is 0 Å². The third-order valence-corrected chi connectivity index (χ3v) is 2.46. The molecule has 1 aromatic rings. The Bertz CT molecular complexity index is 558. The van der Waals surface area contributed by atoms with E-state index < -0.39 is 24.0 Å². The highest BCUT2D eigenvalue weighted by Gasteiger charge is 2.20. The van der Waals surface area contributed by atoms with Crippen LogP contribution in [0.5, 0.6) is 5.75 Å². The Hall–Kier alpha value is -2.63. The second-order valence-electron chi connectivity index (χ2n) is 4.26. The zero-order valence-electron chi connectivity index (χ0n) is 12.0. The number of carbonyl (C=O) groups is 3. The van der Waals surface area contributed by atoms with Gasteiger partial charge in [-0.3, -0.25) is 0 Å². The summed E-state index contributed by atoms with van der Waals surface area (Å²) < 4.78 is 14.4. The molecule has 6 heteroatoms. The highest BCUT2D eigenvalue weighted by Crippen LogP contribution is 2.14. The minimum absolute atomic E-state index is 0.192. The summed E-state index contributed by atoms with van der Waals surface area (Å²) in [6.45, 7) is 6.29. The third kappa shape index (κ3) is 4.76. The number of hydrogen-bond acceptors (Lipinski definition) is 6. The summed E-state index contributed by atoms with van der Waals surface area (Å²) in [7, 11) is 1.27. The minimum Gasteiger partial charge on any atom is -0.465 e. The lowest BCUT2D eigenvalue weighted by Crippen LogP contribution is -2.28. The van der Waals surface area contributed by atoms with Crippen molar-refractivity contribution >= 4 is 17.9 Å². The fourth-order valence-corrected chi connectivity index (χ4v) is 1.29.